The van der Waals surface area contributed by atoms with Crippen molar-refractivity contribution in [3.63, 3.8) is 0 Å². The molecule has 0 aliphatic rings. The van der Waals surface area contributed by atoms with Gasteiger partial charge in [-0.2, -0.15) is 0 Å². The number of hydrogen-bond donors (Lipinski definition) is 0. The van der Waals surface area contributed by atoms with Crippen LogP contribution in [0.4, 0.5) is 4.39 Å². The zero-order chi connectivity index (χ0) is 16.2. The molecule has 0 heterocycles. The summed E-state index contributed by atoms with van der Waals surface area (Å²) >= 11 is 0. The number of ketones is 1. The molecule has 0 saturated carbocycles. The quantitative estimate of drug-likeness (QED) is 0.673. The topological polar surface area (TPSA) is 34.1 Å². The van der Waals surface area contributed by atoms with E-state index in [2.05, 4.69) is 0 Å². The van der Waals surface area contributed by atoms with Crippen molar-refractivity contribution in [2.75, 3.05) is 0 Å². The second-order valence-electron chi connectivity index (χ2n) is 4.94. The molecule has 3 aromatic rings. The summed E-state index contributed by atoms with van der Waals surface area (Å²) in [5, 5.41) is 0. The van der Waals surface area contributed by atoms with Crippen LogP contribution >= 0.6 is 0 Å². The first-order chi connectivity index (χ1) is 11.1. The fraction of sp³-hybridized carbons (Fsp3) is 0. The highest BCUT2D eigenvalue weighted by atomic mass is 32.2. The van der Waals surface area contributed by atoms with Gasteiger partial charge >= 0.3 is 0 Å². The van der Waals surface area contributed by atoms with Crippen LogP contribution < -0.4 is 0 Å². The van der Waals surface area contributed by atoms with Gasteiger partial charge in [0.2, 0.25) is 0 Å². The second-order valence-corrected chi connectivity index (χ2v) is 6.42. The first-order valence-electron chi connectivity index (χ1n) is 7.02. The van der Waals surface area contributed by atoms with E-state index in [1.165, 1.54) is 24.3 Å². The van der Waals surface area contributed by atoms with E-state index in [1.807, 2.05) is 18.2 Å². The first kappa shape index (κ1) is 15.3. The van der Waals surface area contributed by atoms with Gasteiger partial charge in [-0.25, -0.2) is 8.60 Å². The highest BCUT2D eigenvalue weighted by Gasteiger charge is 2.11. The molecule has 114 valence electrons. The molecule has 3 rings (SSSR count). The maximum atomic E-state index is 12.9. The van der Waals surface area contributed by atoms with Crippen molar-refractivity contribution in [1.29, 1.82) is 0 Å². The van der Waals surface area contributed by atoms with Crippen molar-refractivity contribution in [1.82, 2.24) is 0 Å². The lowest BCUT2D eigenvalue weighted by Gasteiger charge is -2.05. The lowest BCUT2D eigenvalue weighted by molar-refractivity contribution is 0.103. The molecule has 0 fully saturated rings. The predicted octanol–water partition coefficient (Wildman–Crippen LogP) is 4.22. The number of rotatable bonds is 4. The smallest absolute Gasteiger partial charge is 0.193 e. The van der Waals surface area contributed by atoms with Crippen LogP contribution in [0.5, 0.6) is 0 Å². The van der Waals surface area contributed by atoms with Crippen LogP contribution in [0.15, 0.2) is 88.7 Å². The number of halogens is 1. The van der Waals surface area contributed by atoms with E-state index in [0.29, 0.717) is 20.9 Å². The van der Waals surface area contributed by atoms with Crippen molar-refractivity contribution in [2.45, 2.75) is 9.79 Å². The molecule has 0 aliphatic carbocycles. The Morgan fingerprint density at radius 3 is 1.74 bits per heavy atom. The minimum absolute atomic E-state index is 0.193. The lowest BCUT2D eigenvalue weighted by atomic mass is 10.0. The van der Waals surface area contributed by atoms with Crippen LogP contribution in [0.25, 0.3) is 0 Å². The van der Waals surface area contributed by atoms with Crippen LogP contribution in [0.2, 0.25) is 0 Å². The average molecular weight is 324 g/mol. The van der Waals surface area contributed by atoms with Crippen molar-refractivity contribution in [3.8, 4) is 0 Å². The SMILES string of the molecule is O=C(c1ccc(F)cc1)c1ccc(S(=O)c2ccccc2)cc1. The van der Waals surface area contributed by atoms with E-state index < -0.39 is 10.8 Å². The van der Waals surface area contributed by atoms with Crippen LogP contribution in [0.3, 0.4) is 0 Å². The Labute approximate surface area is 136 Å². The molecule has 0 saturated heterocycles. The molecule has 1 atom stereocenters. The van der Waals surface area contributed by atoms with E-state index in [1.54, 1.807) is 36.4 Å². The van der Waals surface area contributed by atoms with E-state index in [4.69, 9.17) is 0 Å². The van der Waals surface area contributed by atoms with Crippen LogP contribution in [0, 0.1) is 5.82 Å². The molecule has 0 radical (unpaired) electrons. The third kappa shape index (κ3) is 3.43. The Morgan fingerprint density at radius 1 is 0.696 bits per heavy atom. The molecule has 1 unspecified atom stereocenters. The fourth-order valence-corrected chi connectivity index (χ4v) is 3.24. The highest BCUT2D eigenvalue weighted by Crippen LogP contribution is 2.18. The number of hydrogen-bond acceptors (Lipinski definition) is 2. The molecule has 4 heteroatoms. The van der Waals surface area contributed by atoms with Crippen LogP contribution in [0.1, 0.15) is 15.9 Å². The third-order valence-electron chi connectivity index (χ3n) is 3.39. The molecule has 2 nitrogen and oxygen atoms in total. The molecule has 0 N–H and O–H groups in total. The summed E-state index contributed by atoms with van der Waals surface area (Å²) in [4.78, 5) is 13.7. The van der Waals surface area contributed by atoms with Gasteiger partial charge in [0.05, 0.1) is 10.8 Å². The Kier molecular flexibility index (Phi) is 4.44. The zero-order valence-electron chi connectivity index (χ0n) is 12.1. The number of benzene rings is 3. The van der Waals surface area contributed by atoms with Gasteiger partial charge in [0, 0.05) is 20.9 Å². The van der Waals surface area contributed by atoms with Gasteiger partial charge in [-0.1, -0.05) is 18.2 Å². The maximum absolute atomic E-state index is 12.9. The average Bonchev–Trinajstić information content (AvgIpc) is 2.62. The van der Waals surface area contributed by atoms with Gasteiger partial charge in [-0.05, 0) is 60.7 Å². The Morgan fingerprint density at radius 2 is 1.17 bits per heavy atom. The molecule has 0 amide bonds. The molecule has 0 bridgehead atoms. The van der Waals surface area contributed by atoms with E-state index >= 15 is 0 Å². The number of carbonyl (C=O) groups is 1. The summed E-state index contributed by atoms with van der Waals surface area (Å²) in [6.07, 6.45) is 0. The second kappa shape index (κ2) is 6.67. The lowest BCUT2D eigenvalue weighted by Crippen LogP contribution is -2.02. The zero-order valence-corrected chi connectivity index (χ0v) is 12.9. The van der Waals surface area contributed by atoms with Gasteiger partial charge in [-0.3, -0.25) is 4.79 Å². The predicted molar refractivity (Wildman–Crippen MR) is 87.4 cm³/mol. The van der Waals surface area contributed by atoms with E-state index in [0.717, 1.165) is 0 Å². The van der Waals surface area contributed by atoms with Crippen molar-refractivity contribution >= 4 is 16.6 Å². The molecule has 3 aromatic carbocycles. The van der Waals surface area contributed by atoms with Crippen LogP contribution in [-0.4, -0.2) is 9.99 Å². The Bertz CT molecular complexity index is 841. The molecular formula is C19H13FO2S. The Balaban J connectivity index is 1.83. The monoisotopic (exact) mass is 324 g/mol. The van der Waals surface area contributed by atoms with E-state index in [-0.39, 0.29) is 11.6 Å². The van der Waals surface area contributed by atoms with Crippen molar-refractivity contribution < 1.29 is 13.4 Å². The van der Waals surface area contributed by atoms with Crippen molar-refractivity contribution in [3.05, 3.63) is 95.8 Å². The van der Waals surface area contributed by atoms with Gasteiger partial charge in [0.1, 0.15) is 5.82 Å². The molecule has 0 aromatic heterocycles. The first-order valence-corrected chi connectivity index (χ1v) is 8.17. The summed E-state index contributed by atoms with van der Waals surface area (Å²) in [6, 6.07) is 21.2. The molecule has 0 spiro atoms. The van der Waals surface area contributed by atoms with Gasteiger partial charge in [0.25, 0.3) is 0 Å². The van der Waals surface area contributed by atoms with Gasteiger partial charge < -0.3 is 0 Å². The summed E-state index contributed by atoms with van der Waals surface area (Å²) in [5.41, 5.74) is 0.897. The normalized spacial score (nSPS) is 11.9. The fourth-order valence-electron chi connectivity index (χ4n) is 2.18. The summed E-state index contributed by atoms with van der Waals surface area (Å²) in [5.74, 6) is -0.572. The van der Waals surface area contributed by atoms with Gasteiger partial charge in [0.15, 0.2) is 5.78 Å². The van der Waals surface area contributed by atoms with E-state index in [9.17, 15) is 13.4 Å². The largest absolute Gasteiger partial charge is 0.289 e. The summed E-state index contributed by atoms with van der Waals surface area (Å²) < 4.78 is 25.3. The third-order valence-corrected chi connectivity index (χ3v) is 4.79. The molecular weight excluding hydrogens is 311 g/mol. The Hall–Kier alpha value is -2.59. The summed E-state index contributed by atoms with van der Waals surface area (Å²) in [7, 11) is -1.28. The maximum Gasteiger partial charge on any atom is 0.193 e. The highest BCUT2D eigenvalue weighted by molar-refractivity contribution is 7.85. The van der Waals surface area contributed by atoms with Crippen LogP contribution in [-0.2, 0) is 10.8 Å². The number of carbonyl (C=O) groups excluding carboxylic acids is 1. The summed E-state index contributed by atoms with van der Waals surface area (Å²) in [6.45, 7) is 0. The molecule has 23 heavy (non-hydrogen) atoms. The standard InChI is InChI=1S/C19H13FO2S/c20-16-10-6-14(7-11-16)19(21)15-8-12-18(13-9-15)23(22)17-4-2-1-3-5-17/h1-13H. The minimum atomic E-state index is -1.28. The molecule has 0 aliphatic heterocycles. The minimum Gasteiger partial charge on any atom is -0.289 e. The van der Waals surface area contributed by atoms with Gasteiger partial charge in [-0.15, -0.1) is 0 Å². The van der Waals surface area contributed by atoms with Crippen molar-refractivity contribution in [2.24, 2.45) is 0 Å².